The fourth-order valence-electron chi connectivity index (χ4n) is 2.19. The number of fused-ring (bicyclic) bond motifs is 1. The summed E-state index contributed by atoms with van der Waals surface area (Å²) in [5.41, 5.74) is 1.39. The van der Waals surface area contributed by atoms with Gasteiger partial charge in [0.05, 0.1) is 11.1 Å². The second-order valence-corrected chi connectivity index (χ2v) is 5.99. The number of aliphatic hydroxyl groups excluding tert-OH is 1. The van der Waals surface area contributed by atoms with Crippen LogP contribution in [0.2, 0.25) is 0 Å². The maximum atomic E-state index is 12.2. The van der Waals surface area contributed by atoms with E-state index in [1.165, 1.54) is 0 Å². The van der Waals surface area contributed by atoms with Crippen LogP contribution in [0.15, 0.2) is 28.7 Å². The van der Waals surface area contributed by atoms with Crippen LogP contribution in [0.1, 0.15) is 23.3 Å². The number of hydrogen-bond acceptors (Lipinski definition) is 2. The summed E-state index contributed by atoms with van der Waals surface area (Å²) in [4.78, 5) is 15.3. The molecule has 100 valence electrons. The molecule has 1 saturated carbocycles. The molecule has 4 nitrogen and oxygen atoms in total. The summed E-state index contributed by atoms with van der Waals surface area (Å²) in [5.74, 6) is -0.136. The Kier molecular flexibility index (Phi) is 3.11. The van der Waals surface area contributed by atoms with Crippen molar-refractivity contribution in [2.24, 2.45) is 5.41 Å². The van der Waals surface area contributed by atoms with Crippen LogP contribution in [0.5, 0.6) is 0 Å². The van der Waals surface area contributed by atoms with Crippen molar-refractivity contribution in [3.05, 3.63) is 34.4 Å². The van der Waals surface area contributed by atoms with Gasteiger partial charge >= 0.3 is 0 Å². The Hall–Kier alpha value is -1.33. The van der Waals surface area contributed by atoms with Crippen LogP contribution in [0.4, 0.5) is 0 Å². The molecule has 0 bridgehead atoms. The number of carbonyl (C=O) groups is 1. The minimum atomic E-state index is -0.136. The van der Waals surface area contributed by atoms with E-state index in [4.69, 9.17) is 0 Å². The molecule has 19 heavy (non-hydrogen) atoms. The highest BCUT2D eigenvalue weighted by atomic mass is 79.9. The fourth-order valence-corrected chi connectivity index (χ4v) is 2.81. The standard InChI is InChI=1S/C14H15BrN2O2/c15-11-9-3-1-2-4-10(9)17-12(11)13(19)16-7-14(8-18)5-6-14/h1-4,17-18H,5-8H2,(H,16,19). The Balaban J connectivity index is 1.80. The summed E-state index contributed by atoms with van der Waals surface area (Å²) in [7, 11) is 0. The quantitative estimate of drug-likeness (QED) is 0.809. The maximum Gasteiger partial charge on any atom is 0.268 e. The fraction of sp³-hybridized carbons (Fsp3) is 0.357. The Bertz CT molecular complexity index is 631. The molecule has 1 aliphatic rings. The van der Waals surface area contributed by atoms with Crippen molar-refractivity contribution in [1.82, 2.24) is 10.3 Å². The molecule has 5 heteroatoms. The average Bonchev–Trinajstić information content (AvgIpc) is 3.15. The Labute approximate surface area is 119 Å². The van der Waals surface area contributed by atoms with Crippen LogP contribution in [0.25, 0.3) is 10.9 Å². The molecule has 2 aromatic rings. The first kappa shape index (κ1) is 12.7. The van der Waals surface area contributed by atoms with Crippen molar-refractivity contribution in [1.29, 1.82) is 0 Å². The molecule has 0 saturated heterocycles. The first-order chi connectivity index (χ1) is 9.15. The van der Waals surface area contributed by atoms with Crippen LogP contribution in [-0.2, 0) is 0 Å². The number of aromatic amines is 1. The molecular formula is C14H15BrN2O2. The number of nitrogens with one attached hydrogen (secondary N) is 2. The van der Waals surface area contributed by atoms with E-state index < -0.39 is 0 Å². The number of amides is 1. The predicted octanol–water partition coefficient (Wildman–Crippen LogP) is 2.43. The largest absolute Gasteiger partial charge is 0.396 e. The number of halogens is 1. The number of aliphatic hydroxyl groups is 1. The van der Waals surface area contributed by atoms with Gasteiger partial charge in [-0.1, -0.05) is 18.2 Å². The third kappa shape index (κ3) is 2.28. The van der Waals surface area contributed by atoms with Gasteiger partial charge in [-0.05, 0) is 34.8 Å². The van der Waals surface area contributed by atoms with Gasteiger partial charge in [0, 0.05) is 22.9 Å². The van der Waals surface area contributed by atoms with E-state index in [-0.39, 0.29) is 17.9 Å². The van der Waals surface area contributed by atoms with E-state index in [2.05, 4.69) is 26.2 Å². The van der Waals surface area contributed by atoms with Crippen molar-refractivity contribution in [3.63, 3.8) is 0 Å². The van der Waals surface area contributed by atoms with Gasteiger partial charge in [-0.25, -0.2) is 0 Å². The molecule has 0 atom stereocenters. The summed E-state index contributed by atoms with van der Waals surface area (Å²) in [6.07, 6.45) is 1.97. The molecule has 1 heterocycles. The zero-order valence-electron chi connectivity index (χ0n) is 10.4. The highest BCUT2D eigenvalue weighted by molar-refractivity contribution is 9.10. The molecule has 3 N–H and O–H groups in total. The normalized spacial score (nSPS) is 16.5. The van der Waals surface area contributed by atoms with Crippen molar-refractivity contribution in [3.8, 4) is 0 Å². The molecule has 0 spiro atoms. The lowest BCUT2D eigenvalue weighted by Crippen LogP contribution is -2.32. The summed E-state index contributed by atoms with van der Waals surface area (Å²) in [6.45, 7) is 0.672. The third-order valence-electron chi connectivity index (χ3n) is 3.79. The van der Waals surface area contributed by atoms with Crippen LogP contribution in [-0.4, -0.2) is 29.1 Å². The molecule has 3 rings (SSSR count). The summed E-state index contributed by atoms with van der Waals surface area (Å²) >= 11 is 3.46. The van der Waals surface area contributed by atoms with Crippen LogP contribution in [0.3, 0.4) is 0 Å². The van der Waals surface area contributed by atoms with E-state index >= 15 is 0 Å². The highest BCUT2D eigenvalue weighted by Gasteiger charge is 2.42. The second-order valence-electron chi connectivity index (χ2n) is 5.20. The summed E-state index contributed by atoms with van der Waals surface area (Å²) in [5, 5.41) is 13.1. The number of hydrogen-bond donors (Lipinski definition) is 3. The third-order valence-corrected chi connectivity index (χ3v) is 4.61. The van der Waals surface area contributed by atoms with Gasteiger partial charge in [0.25, 0.3) is 5.91 Å². The SMILES string of the molecule is O=C(NCC1(CO)CC1)c1[nH]c2ccccc2c1Br. The minimum absolute atomic E-state index is 0.0752. The van der Waals surface area contributed by atoms with Crippen molar-refractivity contribution in [2.45, 2.75) is 12.8 Å². The molecule has 1 amide bonds. The summed E-state index contributed by atoms with van der Waals surface area (Å²) in [6, 6.07) is 7.77. The number of rotatable bonds is 4. The highest BCUT2D eigenvalue weighted by Crippen LogP contribution is 2.44. The Morgan fingerprint density at radius 2 is 2.16 bits per heavy atom. The molecule has 0 aliphatic heterocycles. The van der Waals surface area contributed by atoms with Crippen molar-refractivity contribution < 1.29 is 9.90 Å². The monoisotopic (exact) mass is 322 g/mol. The Morgan fingerprint density at radius 3 is 2.79 bits per heavy atom. The molecule has 1 aromatic heterocycles. The van der Waals surface area contributed by atoms with Gasteiger partial charge in [0.2, 0.25) is 0 Å². The predicted molar refractivity (Wildman–Crippen MR) is 77.1 cm³/mol. The smallest absolute Gasteiger partial charge is 0.268 e. The molecule has 0 radical (unpaired) electrons. The van der Waals surface area contributed by atoms with Gasteiger partial charge in [0.15, 0.2) is 0 Å². The average molecular weight is 323 g/mol. The van der Waals surface area contributed by atoms with Crippen LogP contribution < -0.4 is 5.32 Å². The van der Waals surface area contributed by atoms with E-state index in [0.717, 1.165) is 28.2 Å². The van der Waals surface area contributed by atoms with E-state index in [1.54, 1.807) is 0 Å². The topological polar surface area (TPSA) is 65.1 Å². The number of aromatic nitrogens is 1. The zero-order chi connectivity index (χ0) is 13.5. The second kappa shape index (κ2) is 4.65. The summed E-state index contributed by atoms with van der Waals surface area (Å²) < 4.78 is 0.787. The van der Waals surface area contributed by atoms with Gasteiger partial charge < -0.3 is 15.4 Å². The minimum Gasteiger partial charge on any atom is -0.396 e. The molecule has 1 fully saturated rings. The van der Waals surface area contributed by atoms with Gasteiger partial charge in [-0.3, -0.25) is 4.79 Å². The van der Waals surface area contributed by atoms with Gasteiger partial charge in [0.1, 0.15) is 5.69 Å². The number of H-pyrrole nitrogens is 1. The molecule has 0 unspecified atom stereocenters. The van der Waals surface area contributed by atoms with Gasteiger partial charge in [-0.15, -0.1) is 0 Å². The molecular weight excluding hydrogens is 308 g/mol. The lowest BCUT2D eigenvalue weighted by atomic mass is 10.1. The number of carbonyl (C=O) groups excluding carboxylic acids is 1. The first-order valence-electron chi connectivity index (χ1n) is 6.30. The van der Waals surface area contributed by atoms with E-state index in [1.807, 2.05) is 24.3 Å². The van der Waals surface area contributed by atoms with E-state index in [9.17, 15) is 9.90 Å². The Morgan fingerprint density at radius 1 is 1.42 bits per heavy atom. The van der Waals surface area contributed by atoms with Crippen molar-refractivity contribution in [2.75, 3.05) is 13.2 Å². The molecule has 1 aromatic carbocycles. The van der Waals surface area contributed by atoms with Crippen LogP contribution >= 0.6 is 15.9 Å². The first-order valence-corrected chi connectivity index (χ1v) is 7.10. The zero-order valence-corrected chi connectivity index (χ0v) is 12.0. The van der Waals surface area contributed by atoms with Gasteiger partial charge in [-0.2, -0.15) is 0 Å². The van der Waals surface area contributed by atoms with Crippen LogP contribution in [0, 0.1) is 5.41 Å². The van der Waals surface area contributed by atoms with E-state index in [0.29, 0.717) is 12.2 Å². The lowest BCUT2D eigenvalue weighted by Gasteiger charge is -2.12. The lowest BCUT2D eigenvalue weighted by molar-refractivity contribution is 0.0930. The maximum absolute atomic E-state index is 12.2. The molecule has 1 aliphatic carbocycles. The number of para-hydroxylation sites is 1. The van der Waals surface area contributed by atoms with Crippen molar-refractivity contribution >= 4 is 32.7 Å². The number of benzene rings is 1.